The fourth-order valence-corrected chi connectivity index (χ4v) is 1.58. The van der Waals surface area contributed by atoms with Crippen LogP contribution in [-0.2, 0) is 4.79 Å². The highest BCUT2D eigenvalue weighted by atomic mass is 19.1. The molecule has 4 nitrogen and oxygen atoms in total. The first-order chi connectivity index (χ1) is 9.10. The number of carbonyl (C=O) groups is 2. The summed E-state index contributed by atoms with van der Waals surface area (Å²) in [7, 11) is -0.974. The Morgan fingerprint density at radius 3 is 2.88 bits per heavy atom. The van der Waals surface area contributed by atoms with E-state index in [-0.39, 0.29) is 10.9 Å². The standard InChI is InChI=1S/C12H11FN2O2/c1-15(2)12(17)11(16)7-6-14-9-5-3-4-8(13)10(7)9/h3-6,14H,1-2H3/i1D,2D. The Balaban J connectivity index is 2.45. The van der Waals surface area contributed by atoms with Crippen LogP contribution in [0.4, 0.5) is 4.39 Å². The van der Waals surface area contributed by atoms with Crippen molar-refractivity contribution in [3.63, 3.8) is 0 Å². The van der Waals surface area contributed by atoms with Gasteiger partial charge in [-0.1, -0.05) is 6.07 Å². The van der Waals surface area contributed by atoms with Crippen molar-refractivity contribution in [1.82, 2.24) is 9.88 Å². The van der Waals surface area contributed by atoms with E-state index < -0.39 is 31.6 Å². The first-order valence-corrected chi connectivity index (χ1v) is 4.77. The van der Waals surface area contributed by atoms with E-state index >= 15 is 0 Å². The number of rotatable bonds is 2. The first-order valence-electron chi connectivity index (χ1n) is 6.19. The molecule has 0 unspecified atom stereocenters. The Morgan fingerprint density at radius 2 is 2.18 bits per heavy atom. The van der Waals surface area contributed by atoms with Gasteiger partial charge in [0.25, 0.3) is 11.7 Å². The van der Waals surface area contributed by atoms with Crippen molar-refractivity contribution in [2.75, 3.05) is 14.0 Å². The Morgan fingerprint density at radius 1 is 1.41 bits per heavy atom. The van der Waals surface area contributed by atoms with Crippen LogP contribution in [-0.4, -0.2) is 35.6 Å². The summed E-state index contributed by atoms with van der Waals surface area (Å²) in [5.74, 6) is -2.50. The number of aromatic nitrogens is 1. The van der Waals surface area contributed by atoms with E-state index in [1.807, 2.05) is 0 Å². The van der Waals surface area contributed by atoms with Crippen LogP contribution >= 0.6 is 0 Å². The number of likely N-dealkylation sites (N-methyl/N-ethyl adjacent to an activating group) is 1. The largest absolute Gasteiger partial charge is 0.360 e. The summed E-state index contributed by atoms with van der Waals surface area (Å²) in [6, 6.07) is 4.28. The van der Waals surface area contributed by atoms with Gasteiger partial charge in [-0.15, -0.1) is 0 Å². The topological polar surface area (TPSA) is 53.2 Å². The van der Waals surface area contributed by atoms with Crippen molar-refractivity contribution in [2.45, 2.75) is 0 Å². The number of amides is 1. The van der Waals surface area contributed by atoms with E-state index in [1.54, 1.807) is 6.07 Å². The number of hydrogen-bond acceptors (Lipinski definition) is 2. The first kappa shape index (κ1) is 8.92. The van der Waals surface area contributed by atoms with Crippen LogP contribution in [0, 0.1) is 5.82 Å². The molecule has 0 radical (unpaired) electrons. The van der Waals surface area contributed by atoms with E-state index in [4.69, 9.17) is 2.74 Å². The zero-order valence-electron chi connectivity index (χ0n) is 10.9. The number of carbonyl (C=O) groups excluding carboxylic acids is 2. The monoisotopic (exact) mass is 236 g/mol. The van der Waals surface area contributed by atoms with Crippen LogP contribution in [0.15, 0.2) is 24.4 Å². The highest BCUT2D eigenvalue weighted by molar-refractivity contribution is 6.44. The molecule has 0 saturated carbocycles. The number of benzene rings is 1. The van der Waals surface area contributed by atoms with Crippen molar-refractivity contribution in [1.29, 1.82) is 0 Å². The average Bonchev–Trinajstić information content (AvgIpc) is 2.84. The third-order valence-electron chi connectivity index (χ3n) is 2.38. The average molecular weight is 236 g/mol. The maximum absolute atomic E-state index is 13.7. The molecule has 0 spiro atoms. The molecule has 0 aliphatic rings. The number of nitrogens with one attached hydrogen (secondary N) is 1. The molecule has 2 aromatic rings. The van der Waals surface area contributed by atoms with Gasteiger partial charge in [-0.3, -0.25) is 9.59 Å². The van der Waals surface area contributed by atoms with Crippen molar-refractivity contribution in [2.24, 2.45) is 0 Å². The lowest BCUT2D eigenvalue weighted by Crippen LogP contribution is -2.29. The molecule has 0 aliphatic carbocycles. The van der Waals surface area contributed by atoms with Gasteiger partial charge in [0.05, 0.1) is 5.56 Å². The molecule has 88 valence electrons. The number of H-pyrrole nitrogens is 1. The zero-order chi connectivity index (χ0) is 14.0. The summed E-state index contributed by atoms with van der Waals surface area (Å²) in [5, 5.41) is 0.0516. The number of Topliss-reactive ketones (excluding diaryl/α,β-unsaturated/α-hetero) is 1. The lowest BCUT2D eigenvalue weighted by atomic mass is 10.1. The summed E-state index contributed by atoms with van der Waals surface area (Å²) in [5.41, 5.74) is 0.337. The summed E-state index contributed by atoms with van der Waals surface area (Å²) in [6.07, 6.45) is 1.26. The van der Waals surface area contributed by atoms with Crippen LogP contribution in [0.5, 0.6) is 0 Å². The summed E-state index contributed by atoms with van der Waals surface area (Å²) >= 11 is 0. The van der Waals surface area contributed by atoms with Gasteiger partial charge in [0.2, 0.25) is 0 Å². The predicted molar refractivity (Wildman–Crippen MR) is 61.3 cm³/mol. The SMILES string of the molecule is [2H]CN(C[2H])C(=O)C(=O)c1c[nH]c2cccc(F)c12. The fourth-order valence-electron chi connectivity index (χ4n) is 1.58. The summed E-state index contributed by atoms with van der Waals surface area (Å²) in [6.45, 7) is 0. The summed E-state index contributed by atoms with van der Waals surface area (Å²) in [4.78, 5) is 27.2. The van der Waals surface area contributed by atoms with Gasteiger partial charge in [-0.2, -0.15) is 0 Å². The number of halogens is 1. The molecule has 0 saturated heterocycles. The molecular weight excluding hydrogens is 223 g/mol. The highest BCUT2D eigenvalue weighted by Crippen LogP contribution is 2.22. The summed E-state index contributed by atoms with van der Waals surface area (Å²) < 4.78 is 27.8. The number of fused-ring (bicyclic) bond motifs is 1. The Kier molecular flexibility index (Phi) is 2.10. The van der Waals surface area contributed by atoms with Crippen molar-refractivity contribution in [3.8, 4) is 0 Å². The Hall–Kier alpha value is -2.17. The number of hydrogen-bond donors (Lipinski definition) is 1. The van der Waals surface area contributed by atoms with Crippen LogP contribution in [0.3, 0.4) is 0 Å². The molecule has 0 fully saturated rings. The van der Waals surface area contributed by atoms with Crippen molar-refractivity contribution >= 4 is 22.6 Å². The molecule has 1 N–H and O–H groups in total. The van der Waals surface area contributed by atoms with Crippen LogP contribution in [0.25, 0.3) is 10.9 Å². The fraction of sp³-hybridized carbons (Fsp3) is 0.167. The lowest BCUT2D eigenvalue weighted by molar-refractivity contribution is -0.124. The minimum atomic E-state index is -0.978. The Bertz CT molecular complexity index is 638. The normalized spacial score (nSPS) is 12.1. The minimum absolute atomic E-state index is 0.0516. The molecular formula is C12H11FN2O2. The molecule has 0 aliphatic heterocycles. The number of aromatic amines is 1. The van der Waals surface area contributed by atoms with Gasteiger partial charge in [0.15, 0.2) is 0 Å². The molecule has 1 aromatic carbocycles. The lowest BCUT2D eigenvalue weighted by Gasteiger charge is -2.08. The van der Waals surface area contributed by atoms with E-state index in [9.17, 15) is 14.0 Å². The van der Waals surface area contributed by atoms with Gasteiger partial charge < -0.3 is 9.88 Å². The number of ketones is 1. The van der Waals surface area contributed by atoms with E-state index in [0.29, 0.717) is 5.52 Å². The van der Waals surface area contributed by atoms with Crippen LogP contribution in [0.2, 0.25) is 0 Å². The predicted octanol–water partition coefficient (Wildman–Crippen LogP) is 1.58. The molecule has 0 atom stereocenters. The van der Waals surface area contributed by atoms with E-state index in [2.05, 4.69) is 4.98 Å². The Labute approximate surface area is 99.8 Å². The molecule has 5 heteroatoms. The maximum Gasteiger partial charge on any atom is 0.294 e. The van der Waals surface area contributed by atoms with Gasteiger partial charge in [-0.25, -0.2) is 4.39 Å². The van der Waals surface area contributed by atoms with Crippen LogP contribution < -0.4 is 0 Å². The third-order valence-corrected chi connectivity index (χ3v) is 2.38. The van der Waals surface area contributed by atoms with Crippen LogP contribution in [0.1, 0.15) is 13.1 Å². The second kappa shape index (κ2) is 4.01. The van der Waals surface area contributed by atoms with Gasteiger partial charge in [0.1, 0.15) is 5.82 Å². The third kappa shape index (κ3) is 1.80. The second-order valence-electron chi connectivity index (χ2n) is 3.54. The van der Waals surface area contributed by atoms with Gasteiger partial charge >= 0.3 is 0 Å². The van der Waals surface area contributed by atoms with Crippen molar-refractivity contribution < 1.29 is 16.7 Å². The highest BCUT2D eigenvalue weighted by Gasteiger charge is 2.22. The zero-order valence-corrected chi connectivity index (χ0v) is 8.87. The van der Waals surface area contributed by atoms with Gasteiger partial charge in [0, 0.05) is 33.9 Å². The minimum Gasteiger partial charge on any atom is -0.360 e. The molecule has 1 heterocycles. The molecule has 2 rings (SSSR count). The van der Waals surface area contributed by atoms with Gasteiger partial charge in [-0.05, 0) is 12.1 Å². The molecule has 1 aromatic heterocycles. The number of nitrogens with zero attached hydrogens (tertiary/aromatic N) is 1. The molecule has 0 bridgehead atoms. The quantitative estimate of drug-likeness (QED) is 0.635. The second-order valence-corrected chi connectivity index (χ2v) is 3.54. The van der Waals surface area contributed by atoms with E-state index in [0.717, 1.165) is 4.90 Å². The molecule has 1 amide bonds. The smallest absolute Gasteiger partial charge is 0.294 e. The van der Waals surface area contributed by atoms with Crippen molar-refractivity contribution in [3.05, 3.63) is 35.8 Å². The molecule has 17 heavy (non-hydrogen) atoms. The van der Waals surface area contributed by atoms with E-state index in [1.165, 1.54) is 18.3 Å². The maximum atomic E-state index is 13.7.